The van der Waals surface area contributed by atoms with Gasteiger partial charge < -0.3 is 11.5 Å². The SMILES string of the molecule is CC(N)(N)C(=O)Cl. The summed E-state index contributed by atoms with van der Waals surface area (Å²) in [6.45, 7) is 1.34. The smallest absolute Gasteiger partial charge is 0.255 e. The predicted octanol–water partition coefficient (Wildman–Crippen LogP) is -0.615. The molecule has 0 atom stereocenters. The molecule has 0 aromatic rings. The molecular weight excluding hydrogens is 115 g/mol. The van der Waals surface area contributed by atoms with Crippen molar-refractivity contribution in [1.29, 1.82) is 0 Å². The second-order valence-electron chi connectivity index (χ2n) is 1.56. The van der Waals surface area contributed by atoms with Gasteiger partial charge in [0.25, 0.3) is 5.24 Å². The van der Waals surface area contributed by atoms with Crippen LogP contribution < -0.4 is 11.5 Å². The van der Waals surface area contributed by atoms with Crippen LogP contribution >= 0.6 is 11.6 Å². The Bertz CT molecular complexity index is 85.4. The third kappa shape index (κ3) is 2.56. The average Bonchev–Trinajstić information content (AvgIpc) is 1.31. The molecule has 0 aromatic carbocycles. The standard InChI is InChI=1S/C3H7ClN2O/c1-3(5,6)2(4)7/h5-6H2,1H3. The van der Waals surface area contributed by atoms with Gasteiger partial charge in [0.15, 0.2) is 0 Å². The maximum atomic E-state index is 9.98. The van der Waals surface area contributed by atoms with Crippen molar-refractivity contribution < 1.29 is 4.79 Å². The van der Waals surface area contributed by atoms with Crippen LogP contribution in [0.1, 0.15) is 6.92 Å². The summed E-state index contributed by atoms with van der Waals surface area (Å²) in [7, 11) is 0. The molecule has 3 nitrogen and oxygen atoms in total. The van der Waals surface area contributed by atoms with E-state index in [0.717, 1.165) is 0 Å². The van der Waals surface area contributed by atoms with Gasteiger partial charge in [-0.1, -0.05) is 0 Å². The second-order valence-corrected chi connectivity index (χ2v) is 1.90. The first-order valence-electron chi connectivity index (χ1n) is 1.72. The molecule has 0 bridgehead atoms. The highest BCUT2D eigenvalue weighted by molar-refractivity contribution is 6.65. The fourth-order valence-corrected chi connectivity index (χ4v) is 0. The molecule has 0 aliphatic heterocycles. The van der Waals surface area contributed by atoms with Gasteiger partial charge in [0.2, 0.25) is 0 Å². The molecule has 0 heterocycles. The molecule has 0 aliphatic rings. The number of nitrogens with two attached hydrogens (primary N) is 2. The molecule has 0 aliphatic carbocycles. The lowest BCUT2D eigenvalue weighted by molar-refractivity contribution is -0.115. The minimum Gasteiger partial charge on any atom is -0.306 e. The van der Waals surface area contributed by atoms with E-state index in [1.807, 2.05) is 0 Å². The van der Waals surface area contributed by atoms with E-state index in [1.165, 1.54) is 6.92 Å². The van der Waals surface area contributed by atoms with E-state index in [2.05, 4.69) is 0 Å². The molecular formula is C3H7ClN2O. The second kappa shape index (κ2) is 1.78. The highest BCUT2D eigenvalue weighted by Gasteiger charge is 2.18. The van der Waals surface area contributed by atoms with Crippen LogP contribution in [0.2, 0.25) is 0 Å². The first-order chi connectivity index (χ1) is 2.94. The van der Waals surface area contributed by atoms with E-state index < -0.39 is 10.9 Å². The van der Waals surface area contributed by atoms with Crippen LogP contribution in [0.15, 0.2) is 0 Å². The highest BCUT2D eigenvalue weighted by Crippen LogP contribution is 1.92. The number of carbonyl (C=O) groups is 1. The molecule has 42 valence electrons. The summed E-state index contributed by atoms with van der Waals surface area (Å²) >= 11 is 4.86. The Labute approximate surface area is 46.6 Å². The van der Waals surface area contributed by atoms with Crippen molar-refractivity contribution in [2.75, 3.05) is 0 Å². The molecule has 4 heteroatoms. The van der Waals surface area contributed by atoms with Crippen molar-refractivity contribution in [3.63, 3.8) is 0 Å². The quantitative estimate of drug-likeness (QED) is 0.360. The molecule has 0 spiro atoms. The van der Waals surface area contributed by atoms with Gasteiger partial charge in [-0.25, -0.2) is 0 Å². The number of hydrogen-bond acceptors (Lipinski definition) is 3. The Morgan fingerprint density at radius 3 is 1.86 bits per heavy atom. The zero-order valence-electron chi connectivity index (χ0n) is 3.94. The monoisotopic (exact) mass is 122 g/mol. The van der Waals surface area contributed by atoms with E-state index in [9.17, 15) is 4.79 Å². The number of halogens is 1. The zero-order valence-corrected chi connectivity index (χ0v) is 4.70. The van der Waals surface area contributed by atoms with Crippen molar-refractivity contribution in [1.82, 2.24) is 0 Å². The van der Waals surface area contributed by atoms with Gasteiger partial charge in [-0.15, -0.1) is 0 Å². The van der Waals surface area contributed by atoms with E-state index >= 15 is 0 Å². The first-order valence-corrected chi connectivity index (χ1v) is 2.10. The molecule has 0 unspecified atom stereocenters. The fraction of sp³-hybridized carbons (Fsp3) is 0.667. The minimum absolute atomic E-state index is 0.729. The van der Waals surface area contributed by atoms with Gasteiger partial charge in [-0.2, -0.15) is 0 Å². The summed E-state index contributed by atoms with van der Waals surface area (Å²) in [5, 5.41) is -0.729. The van der Waals surface area contributed by atoms with Crippen LogP contribution in [-0.4, -0.2) is 10.9 Å². The van der Waals surface area contributed by atoms with Crippen molar-refractivity contribution >= 4 is 16.8 Å². The lowest BCUT2D eigenvalue weighted by Gasteiger charge is -2.09. The summed E-state index contributed by atoms with van der Waals surface area (Å²) in [5.74, 6) is 0. The third-order valence-corrected chi connectivity index (χ3v) is 0.831. The van der Waals surface area contributed by atoms with Crippen molar-refractivity contribution in [3.8, 4) is 0 Å². The summed E-state index contributed by atoms with van der Waals surface area (Å²) in [6.07, 6.45) is 0. The van der Waals surface area contributed by atoms with Crippen molar-refractivity contribution in [2.45, 2.75) is 12.6 Å². The van der Waals surface area contributed by atoms with E-state index in [4.69, 9.17) is 23.1 Å². The largest absolute Gasteiger partial charge is 0.306 e. The molecule has 0 saturated carbocycles. The van der Waals surface area contributed by atoms with Crippen LogP contribution in [0, 0.1) is 0 Å². The van der Waals surface area contributed by atoms with E-state index in [0.29, 0.717) is 0 Å². The van der Waals surface area contributed by atoms with Crippen LogP contribution in [0.5, 0.6) is 0 Å². The molecule has 7 heavy (non-hydrogen) atoms. The molecule has 4 N–H and O–H groups in total. The Morgan fingerprint density at radius 2 is 1.86 bits per heavy atom. The predicted molar refractivity (Wildman–Crippen MR) is 27.6 cm³/mol. The Hall–Kier alpha value is -0.120. The molecule has 0 aromatic heterocycles. The van der Waals surface area contributed by atoms with Gasteiger partial charge in [0.1, 0.15) is 5.66 Å². The normalized spacial score (nSPS) is 11.4. The summed E-state index contributed by atoms with van der Waals surface area (Å²) in [4.78, 5) is 9.98. The Morgan fingerprint density at radius 1 is 1.71 bits per heavy atom. The third-order valence-electron chi connectivity index (χ3n) is 0.424. The highest BCUT2D eigenvalue weighted by atomic mass is 35.5. The van der Waals surface area contributed by atoms with Crippen LogP contribution in [-0.2, 0) is 4.79 Å². The van der Waals surface area contributed by atoms with Gasteiger partial charge in [-0.3, -0.25) is 4.79 Å². The molecule has 0 amide bonds. The fourth-order valence-electron chi connectivity index (χ4n) is 0. The summed E-state index contributed by atoms with van der Waals surface area (Å²) in [6, 6.07) is 0. The zero-order chi connectivity index (χ0) is 6.08. The number of rotatable bonds is 1. The minimum atomic E-state index is -1.37. The topological polar surface area (TPSA) is 69.1 Å². The van der Waals surface area contributed by atoms with Crippen LogP contribution in [0.25, 0.3) is 0 Å². The van der Waals surface area contributed by atoms with E-state index in [1.54, 1.807) is 0 Å². The lowest BCUT2D eigenvalue weighted by atomic mass is 10.3. The average molecular weight is 123 g/mol. The Balaban J connectivity index is 3.79. The van der Waals surface area contributed by atoms with Crippen molar-refractivity contribution in [3.05, 3.63) is 0 Å². The molecule has 0 saturated heterocycles. The van der Waals surface area contributed by atoms with Gasteiger partial charge in [0.05, 0.1) is 0 Å². The van der Waals surface area contributed by atoms with Gasteiger partial charge in [-0.05, 0) is 18.5 Å². The van der Waals surface area contributed by atoms with Gasteiger partial charge >= 0.3 is 0 Å². The molecule has 0 fully saturated rings. The maximum Gasteiger partial charge on any atom is 0.255 e. The lowest BCUT2D eigenvalue weighted by Crippen LogP contribution is -2.51. The van der Waals surface area contributed by atoms with E-state index in [-0.39, 0.29) is 0 Å². The summed E-state index contributed by atoms with van der Waals surface area (Å²) < 4.78 is 0. The van der Waals surface area contributed by atoms with Crippen LogP contribution in [0.3, 0.4) is 0 Å². The van der Waals surface area contributed by atoms with Crippen molar-refractivity contribution in [2.24, 2.45) is 11.5 Å². The molecule has 0 rings (SSSR count). The van der Waals surface area contributed by atoms with Crippen LogP contribution in [0.4, 0.5) is 0 Å². The van der Waals surface area contributed by atoms with Gasteiger partial charge in [0, 0.05) is 0 Å². The maximum absolute atomic E-state index is 9.98. The number of hydrogen-bond donors (Lipinski definition) is 2. The summed E-state index contributed by atoms with van der Waals surface area (Å²) in [5.41, 5.74) is 8.58. The molecule has 0 radical (unpaired) electrons. The number of carbonyl (C=O) groups excluding carboxylic acids is 1. The Kier molecular flexibility index (Phi) is 1.75. The first kappa shape index (κ1) is 6.88.